The number of rotatable bonds is 7. The number of guanidine groups is 1. The number of nitrogens with one attached hydrogen (secondary N) is 2. The Morgan fingerprint density at radius 3 is 2.56 bits per heavy atom. The Morgan fingerprint density at radius 1 is 1.20 bits per heavy atom. The van der Waals surface area contributed by atoms with E-state index in [0.29, 0.717) is 11.8 Å². The highest BCUT2D eigenvalue weighted by molar-refractivity contribution is 14.0. The molecule has 0 saturated carbocycles. The molecular formula is C20H34IN3O. The molecule has 2 rings (SSSR count). The molecule has 2 atom stereocenters. The molecule has 1 aromatic carbocycles. The minimum Gasteiger partial charge on any atom is -0.373 e. The lowest BCUT2D eigenvalue weighted by Gasteiger charge is -2.32. The maximum absolute atomic E-state index is 6.08. The fourth-order valence-corrected chi connectivity index (χ4v) is 3.33. The molecule has 1 fully saturated rings. The Hall–Kier alpha value is -0.820. The molecule has 0 aliphatic carbocycles. The molecule has 2 N–H and O–H groups in total. The van der Waals surface area contributed by atoms with Gasteiger partial charge in [0.2, 0.25) is 0 Å². The van der Waals surface area contributed by atoms with E-state index < -0.39 is 0 Å². The zero-order valence-corrected chi connectivity index (χ0v) is 18.2. The zero-order chi connectivity index (χ0) is 17.2. The quantitative estimate of drug-likeness (QED) is 0.362. The van der Waals surface area contributed by atoms with E-state index in [-0.39, 0.29) is 30.1 Å². The first kappa shape index (κ1) is 22.2. The third kappa shape index (κ3) is 7.13. The fourth-order valence-electron chi connectivity index (χ4n) is 3.33. The lowest BCUT2D eigenvalue weighted by atomic mass is 9.89. The normalized spacial score (nSPS) is 20.9. The van der Waals surface area contributed by atoms with Gasteiger partial charge in [0.1, 0.15) is 0 Å². The number of ether oxygens (including phenoxy) is 1. The highest BCUT2D eigenvalue weighted by atomic mass is 127. The fraction of sp³-hybridized carbons (Fsp3) is 0.650. The molecule has 0 spiro atoms. The van der Waals surface area contributed by atoms with E-state index >= 15 is 0 Å². The van der Waals surface area contributed by atoms with Gasteiger partial charge in [-0.15, -0.1) is 24.0 Å². The maximum Gasteiger partial charge on any atom is 0.190 e. The van der Waals surface area contributed by atoms with Crippen LogP contribution in [0.2, 0.25) is 0 Å². The number of hydrogen-bond acceptors (Lipinski definition) is 2. The zero-order valence-electron chi connectivity index (χ0n) is 15.8. The molecule has 0 radical (unpaired) electrons. The first-order valence-corrected chi connectivity index (χ1v) is 9.39. The molecule has 1 aromatic rings. The standard InChI is InChI=1S/C20H33N3O.HI/c1-4-16(5-2)14-22-20(21-3)23-15-18-12-9-13-24-19(18)17-10-7-6-8-11-17;/h6-8,10-11,16,18-19H,4-5,9,12-15H2,1-3H3,(H2,21,22,23);1H. The van der Waals surface area contributed by atoms with Crippen LogP contribution in [0.5, 0.6) is 0 Å². The molecule has 2 unspecified atom stereocenters. The van der Waals surface area contributed by atoms with Crippen LogP contribution in [0.3, 0.4) is 0 Å². The van der Waals surface area contributed by atoms with Gasteiger partial charge in [-0.25, -0.2) is 0 Å². The summed E-state index contributed by atoms with van der Waals surface area (Å²) in [4.78, 5) is 4.36. The summed E-state index contributed by atoms with van der Waals surface area (Å²) in [7, 11) is 1.84. The molecule has 0 aromatic heterocycles. The highest BCUT2D eigenvalue weighted by Gasteiger charge is 2.27. The van der Waals surface area contributed by atoms with E-state index in [1.54, 1.807) is 0 Å². The van der Waals surface area contributed by atoms with E-state index in [4.69, 9.17) is 4.74 Å². The lowest BCUT2D eigenvalue weighted by molar-refractivity contribution is -0.0265. The van der Waals surface area contributed by atoms with Crippen LogP contribution in [0.1, 0.15) is 51.2 Å². The summed E-state index contributed by atoms with van der Waals surface area (Å²) in [5.41, 5.74) is 1.28. The molecule has 5 heteroatoms. The van der Waals surface area contributed by atoms with Crippen molar-refractivity contribution in [2.45, 2.75) is 45.6 Å². The van der Waals surface area contributed by atoms with Gasteiger partial charge >= 0.3 is 0 Å². The number of hydrogen-bond donors (Lipinski definition) is 2. The van der Waals surface area contributed by atoms with E-state index in [9.17, 15) is 0 Å². The van der Waals surface area contributed by atoms with Crippen molar-refractivity contribution in [3.63, 3.8) is 0 Å². The Balaban J connectivity index is 0.00000312. The minimum atomic E-state index is 0. The Labute approximate surface area is 170 Å². The van der Waals surface area contributed by atoms with Crippen molar-refractivity contribution in [3.05, 3.63) is 35.9 Å². The van der Waals surface area contributed by atoms with Gasteiger partial charge in [-0.05, 0) is 24.3 Å². The molecule has 0 bridgehead atoms. The predicted octanol–water partition coefficient (Wildman–Crippen LogP) is 4.37. The largest absolute Gasteiger partial charge is 0.373 e. The first-order valence-electron chi connectivity index (χ1n) is 9.39. The average Bonchev–Trinajstić information content (AvgIpc) is 2.66. The Bertz CT molecular complexity index is 491. The van der Waals surface area contributed by atoms with Gasteiger partial charge in [0, 0.05) is 32.7 Å². The monoisotopic (exact) mass is 459 g/mol. The Morgan fingerprint density at radius 2 is 1.92 bits per heavy atom. The van der Waals surface area contributed by atoms with Crippen LogP contribution in [-0.4, -0.2) is 32.7 Å². The minimum absolute atomic E-state index is 0. The van der Waals surface area contributed by atoms with Gasteiger partial charge in [0.05, 0.1) is 6.10 Å². The van der Waals surface area contributed by atoms with Crippen molar-refractivity contribution in [2.24, 2.45) is 16.8 Å². The molecule has 1 heterocycles. The summed E-state index contributed by atoms with van der Waals surface area (Å²) in [6, 6.07) is 10.6. The summed E-state index contributed by atoms with van der Waals surface area (Å²) in [6.07, 6.45) is 4.91. The summed E-state index contributed by atoms with van der Waals surface area (Å²) in [5, 5.41) is 6.96. The van der Waals surface area contributed by atoms with Crippen LogP contribution >= 0.6 is 24.0 Å². The molecule has 1 aliphatic rings. The molecule has 142 valence electrons. The Kier molecular flexibility index (Phi) is 11.1. The van der Waals surface area contributed by atoms with Gasteiger partial charge in [0.15, 0.2) is 5.96 Å². The number of halogens is 1. The van der Waals surface area contributed by atoms with Crippen molar-refractivity contribution in [2.75, 3.05) is 26.7 Å². The molecule has 4 nitrogen and oxygen atoms in total. The number of aliphatic imine (C=N–C) groups is 1. The van der Waals surface area contributed by atoms with Crippen LogP contribution in [0.4, 0.5) is 0 Å². The summed E-state index contributed by atoms with van der Waals surface area (Å²) >= 11 is 0. The molecular weight excluding hydrogens is 425 g/mol. The third-order valence-corrected chi connectivity index (χ3v) is 5.04. The van der Waals surface area contributed by atoms with Gasteiger partial charge in [-0.2, -0.15) is 0 Å². The van der Waals surface area contributed by atoms with Crippen LogP contribution in [0, 0.1) is 11.8 Å². The van der Waals surface area contributed by atoms with Gasteiger partial charge in [-0.3, -0.25) is 4.99 Å². The van der Waals surface area contributed by atoms with Crippen LogP contribution in [0.25, 0.3) is 0 Å². The number of benzene rings is 1. The predicted molar refractivity (Wildman–Crippen MR) is 117 cm³/mol. The third-order valence-electron chi connectivity index (χ3n) is 5.04. The smallest absolute Gasteiger partial charge is 0.190 e. The van der Waals surface area contributed by atoms with Crippen LogP contribution in [-0.2, 0) is 4.74 Å². The molecule has 1 aliphatic heterocycles. The van der Waals surface area contributed by atoms with E-state index in [0.717, 1.165) is 32.1 Å². The molecule has 1 saturated heterocycles. The van der Waals surface area contributed by atoms with Crippen molar-refractivity contribution in [1.29, 1.82) is 0 Å². The van der Waals surface area contributed by atoms with Crippen LogP contribution in [0.15, 0.2) is 35.3 Å². The van der Waals surface area contributed by atoms with Crippen molar-refractivity contribution >= 4 is 29.9 Å². The van der Waals surface area contributed by atoms with Gasteiger partial charge in [0.25, 0.3) is 0 Å². The van der Waals surface area contributed by atoms with Gasteiger partial charge < -0.3 is 15.4 Å². The van der Waals surface area contributed by atoms with E-state index in [2.05, 4.69) is 59.8 Å². The second-order valence-corrected chi connectivity index (χ2v) is 6.62. The van der Waals surface area contributed by atoms with E-state index in [1.165, 1.54) is 24.8 Å². The SMILES string of the molecule is CCC(CC)CNC(=NC)NCC1CCCOC1c1ccccc1.I. The second-order valence-electron chi connectivity index (χ2n) is 6.62. The second kappa shape index (κ2) is 12.5. The van der Waals surface area contributed by atoms with Crippen LogP contribution < -0.4 is 10.6 Å². The van der Waals surface area contributed by atoms with E-state index in [1.807, 2.05) is 7.05 Å². The highest BCUT2D eigenvalue weighted by Crippen LogP contribution is 2.32. The van der Waals surface area contributed by atoms with Gasteiger partial charge in [-0.1, -0.05) is 57.0 Å². The van der Waals surface area contributed by atoms with Crippen molar-refractivity contribution < 1.29 is 4.74 Å². The maximum atomic E-state index is 6.08. The molecule has 0 amide bonds. The summed E-state index contributed by atoms with van der Waals surface area (Å²) < 4.78 is 6.08. The van der Waals surface area contributed by atoms with Crippen molar-refractivity contribution in [3.8, 4) is 0 Å². The summed E-state index contributed by atoms with van der Waals surface area (Å²) in [5.74, 6) is 2.09. The van der Waals surface area contributed by atoms with Crippen molar-refractivity contribution in [1.82, 2.24) is 10.6 Å². The topological polar surface area (TPSA) is 45.7 Å². The summed E-state index contributed by atoms with van der Waals surface area (Å²) in [6.45, 7) is 7.22. The lowest BCUT2D eigenvalue weighted by Crippen LogP contribution is -2.43. The number of nitrogens with zero attached hydrogens (tertiary/aromatic N) is 1. The average molecular weight is 459 g/mol. The molecule has 25 heavy (non-hydrogen) atoms. The first-order chi connectivity index (χ1) is 11.8.